The average Bonchev–Trinajstić information content (AvgIpc) is 2.61. The molecule has 0 spiro atoms. The molecule has 1 saturated heterocycles. The highest BCUT2D eigenvalue weighted by Gasteiger charge is 2.28. The van der Waals surface area contributed by atoms with Crippen LogP contribution in [-0.2, 0) is 9.59 Å². The smallest absolute Gasteiger partial charge is 0.239 e. The number of amides is 2. The molecule has 2 amide bonds. The first-order valence-corrected chi connectivity index (χ1v) is 9.10. The minimum atomic E-state index is -0.124. The lowest BCUT2D eigenvalue weighted by Gasteiger charge is -2.37. The van der Waals surface area contributed by atoms with Crippen molar-refractivity contribution in [2.24, 2.45) is 0 Å². The van der Waals surface area contributed by atoms with Gasteiger partial charge in [0.15, 0.2) is 0 Å². The van der Waals surface area contributed by atoms with Gasteiger partial charge in [-0.1, -0.05) is 36.7 Å². The van der Waals surface area contributed by atoms with Crippen LogP contribution in [0.25, 0.3) is 0 Å². The largest absolute Gasteiger partial charge is 0.355 e. The van der Waals surface area contributed by atoms with E-state index in [0.717, 1.165) is 31.6 Å². The van der Waals surface area contributed by atoms with Gasteiger partial charge in [0.05, 0.1) is 13.1 Å². The van der Waals surface area contributed by atoms with Crippen LogP contribution >= 0.6 is 11.6 Å². The molecule has 0 bridgehead atoms. The molecule has 1 fully saturated rings. The summed E-state index contributed by atoms with van der Waals surface area (Å²) in [5.74, 6) is -0.189. The first kappa shape index (κ1) is 19.7. The Morgan fingerprint density at radius 2 is 2.16 bits per heavy atom. The zero-order chi connectivity index (χ0) is 18.2. The Morgan fingerprint density at radius 3 is 2.88 bits per heavy atom. The molecular weight excluding hydrogens is 340 g/mol. The quantitative estimate of drug-likeness (QED) is 0.762. The van der Waals surface area contributed by atoms with E-state index in [1.165, 1.54) is 4.90 Å². The summed E-state index contributed by atoms with van der Waals surface area (Å²) in [5, 5.41) is 6.86. The lowest BCUT2D eigenvalue weighted by Crippen LogP contribution is -2.50. The van der Waals surface area contributed by atoms with Gasteiger partial charge in [0, 0.05) is 44.3 Å². The zero-order valence-corrected chi connectivity index (χ0v) is 15.7. The number of halogens is 1. The molecule has 0 radical (unpaired) electrons. The number of rotatable bonds is 7. The van der Waals surface area contributed by atoms with E-state index in [1.54, 1.807) is 7.05 Å². The van der Waals surface area contributed by atoms with E-state index in [2.05, 4.69) is 15.5 Å². The van der Waals surface area contributed by atoms with E-state index in [4.69, 9.17) is 11.6 Å². The van der Waals surface area contributed by atoms with Gasteiger partial charge in [-0.2, -0.15) is 0 Å². The summed E-state index contributed by atoms with van der Waals surface area (Å²) < 4.78 is 0. The number of carbonyl (C=O) groups excluding carboxylic acids is 2. The molecule has 0 aromatic heterocycles. The van der Waals surface area contributed by atoms with E-state index in [9.17, 15) is 9.59 Å². The summed E-state index contributed by atoms with van der Waals surface area (Å²) in [4.78, 5) is 27.9. The van der Waals surface area contributed by atoms with Crippen molar-refractivity contribution >= 4 is 23.4 Å². The summed E-state index contributed by atoms with van der Waals surface area (Å²) >= 11 is 6.34. The molecule has 1 atom stereocenters. The molecule has 2 N–H and O–H groups in total. The third-order valence-corrected chi connectivity index (χ3v) is 4.68. The Hall–Kier alpha value is -1.63. The molecule has 1 unspecified atom stereocenters. The molecule has 6 nitrogen and oxygen atoms in total. The molecule has 1 aliphatic heterocycles. The molecule has 1 aromatic rings. The molecule has 7 heteroatoms. The summed E-state index contributed by atoms with van der Waals surface area (Å²) in [7, 11) is 1.67. The summed E-state index contributed by atoms with van der Waals surface area (Å²) in [6.07, 6.45) is 0.879. The molecule has 0 saturated carbocycles. The molecule has 1 aliphatic rings. The fourth-order valence-corrected chi connectivity index (χ4v) is 3.17. The van der Waals surface area contributed by atoms with Crippen LogP contribution in [0.4, 0.5) is 0 Å². The molecule has 25 heavy (non-hydrogen) atoms. The normalized spacial score (nSPS) is 18.0. The Labute approximate surface area is 154 Å². The second kappa shape index (κ2) is 9.75. The van der Waals surface area contributed by atoms with Crippen molar-refractivity contribution in [1.29, 1.82) is 0 Å². The summed E-state index contributed by atoms with van der Waals surface area (Å²) in [5.41, 5.74) is 1.02. The molecule has 1 aromatic carbocycles. The highest BCUT2D eigenvalue weighted by molar-refractivity contribution is 6.31. The summed E-state index contributed by atoms with van der Waals surface area (Å²) in [6, 6.07) is 7.78. The number of benzene rings is 1. The maximum absolute atomic E-state index is 12.5. The van der Waals surface area contributed by atoms with Crippen molar-refractivity contribution in [3.05, 3.63) is 34.9 Å². The van der Waals surface area contributed by atoms with E-state index >= 15 is 0 Å². The van der Waals surface area contributed by atoms with Gasteiger partial charge in [-0.3, -0.25) is 14.5 Å². The van der Waals surface area contributed by atoms with E-state index in [0.29, 0.717) is 11.6 Å². The first-order valence-electron chi connectivity index (χ1n) is 8.72. The highest BCUT2D eigenvalue weighted by atomic mass is 35.5. The van der Waals surface area contributed by atoms with Crippen molar-refractivity contribution in [3.63, 3.8) is 0 Å². The molecule has 138 valence electrons. The number of hydrogen-bond acceptors (Lipinski definition) is 4. The predicted molar refractivity (Wildman–Crippen MR) is 99.6 cm³/mol. The van der Waals surface area contributed by atoms with Crippen molar-refractivity contribution in [2.75, 3.05) is 46.3 Å². The predicted octanol–water partition coefficient (Wildman–Crippen LogP) is 1.27. The Kier molecular flexibility index (Phi) is 7.68. The van der Waals surface area contributed by atoms with Crippen LogP contribution in [0, 0.1) is 0 Å². The van der Waals surface area contributed by atoms with Crippen molar-refractivity contribution in [3.8, 4) is 0 Å². The number of likely N-dealkylation sites (N-methyl/N-ethyl adjacent to an activating group) is 1. The van der Waals surface area contributed by atoms with Crippen LogP contribution in [0.3, 0.4) is 0 Å². The minimum Gasteiger partial charge on any atom is -0.355 e. The number of nitrogens with one attached hydrogen (secondary N) is 2. The van der Waals surface area contributed by atoms with Crippen LogP contribution < -0.4 is 10.6 Å². The number of piperazine rings is 1. The van der Waals surface area contributed by atoms with Gasteiger partial charge in [-0.25, -0.2) is 0 Å². The van der Waals surface area contributed by atoms with Gasteiger partial charge >= 0.3 is 0 Å². The van der Waals surface area contributed by atoms with Crippen LogP contribution in [0.15, 0.2) is 24.3 Å². The topological polar surface area (TPSA) is 64.7 Å². The van der Waals surface area contributed by atoms with Crippen molar-refractivity contribution in [1.82, 2.24) is 20.4 Å². The lowest BCUT2D eigenvalue weighted by atomic mass is 10.0. The number of hydrogen-bond donors (Lipinski definition) is 2. The van der Waals surface area contributed by atoms with E-state index in [1.807, 2.05) is 31.2 Å². The maximum atomic E-state index is 12.5. The summed E-state index contributed by atoms with van der Waals surface area (Å²) in [6.45, 7) is 5.32. The van der Waals surface area contributed by atoms with Crippen molar-refractivity contribution < 1.29 is 9.59 Å². The Morgan fingerprint density at radius 1 is 1.40 bits per heavy atom. The fraction of sp³-hybridized carbons (Fsp3) is 0.556. The van der Waals surface area contributed by atoms with Crippen LogP contribution in [0.2, 0.25) is 5.02 Å². The zero-order valence-electron chi connectivity index (χ0n) is 14.9. The van der Waals surface area contributed by atoms with Crippen LogP contribution in [0.5, 0.6) is 0 Å². The van der Waals surface area contributed by atoms with Gasteiger partial charge in [-0.05, 0) is 18.1 Å². The molecule has 0 aliphatic carbocycles. The van der Waals surface area contributed by atoms with Gasteiger partial charge in [0.2, 0.25) is 11.8 Å². The Balaban J connectivity index is 1.97. The molecular formula is C18H27ClN4O2. The van der Waals surface area contributed by atoms with Crippen LogP contribution in [0.1, 0.15) is 24.9 Å². The van der Waals surface area contributed by atoms with Gasteiger partial charge in [0.1, 0.15) is 0 Å². The van der Waals surface area contributed by atoms with Gasteiger partial charge in [0.25, 0.3) is 0 Å². The van der Waals surface area contributed by atoms with E-state index < -0.39 is 0 Å². The standard InChI is InChI=1S/C18H27ClN4O2/c1-3-8-21-17(24)12-22(2)18(25)13-23-10-9-20-11-16(23)14-6-4-5-7-15(14)19/h4-7,16,20H,3,8-13H2,1-2H3,(H,21,24). The lowest BCUT2D eigenvalue weighted by molar-refractivity contribution is -0.136. The van der Waals surface area contributed by atoms with Crippen molar-refractivity contribution in [2.45, 2.75) is 19.4 Å². The third kappa shape index (κ3) is 5.70. The first-order chi connectivity index (χ1) is 12.0. The number of nitrogens with zero attached hydrogens (tertiary/aromatic N) is 2. The maximum Gasteiger partial charge on any atom is 0.239 e. The molecule has 1 heterocycles. The van der Waals surface area contributed by atoms with Gasteiger partial charge in [-0.15, -0.1) is 0 Å². The average molecular weight is 367 g/mol. The second-order valence-corrected chi connectivity index (χ2v) is 6.72. The minimum absolute atomic E-state index is 0.0497. The monoisotopic (exact) mass is 366 g/mol. The van der Waals surface area contributed by atoms with Gasteiger partial charge < -0.3 is 15.5 Å². The molecule has 2 rings (SSSR count). The van der Waals surface area contributed by atoms with Crippen LogP contribution in [-0.4, -0.2) is 67.9 Å². The SMILES string of the molecule is CCCNC(=O)CN(C)C(=O)CN1CCNCC1c1ccccc1Cl. The number of carbonyl (C=O) groups is 2. The third-order valence-electron chi connectivity index (χ3n) is 4.34. The highest BCUT2D eigenvalue weighted by Crippen LogP contribution is 2.28. The fourth-order valence-electron chi connectivity index (χ4n) is 2.91. The Bertz CT molecular complexity index is 596. The second-order valence-electron chi connectivity index (χ2n) is 6.31. The van der Waals surface area contributed by atoms with E-state index in [-0.39, 0.29) is 30.9 Å².